The number of nitrogens with one attached hydrogen (secondary N) is 1. The fraction of sp³-hybridized carbons (Fsp3) is 0.846. The molecule has 0 saturated heterocycles. The van der Waals surface area contributed by atoms with Crippen molar-refractivity contribution in [2.45, 2.75) is 45.6 Å². The summed E-state index contributed by atoms with van der Waals surface area (Å²) in [5.41, 5.74) is 0. The summed E-state index contributed by atoms with van der Waals surface area (Å²) >= 11 is 0. The minimum atomic E-state index is 0.619. The fourth-order valence-corrected chi connectivity index (χ4v) is 1.81. The molecule has 0 aliphatic rings. The summed E-state index contributed by atoms with van der Waals surface area (Å²) in [4.78, 5) is 0. The van der Waals surface area contributed by atoms with Gasteiger partial charge in [-0.1, -0.05) is 19.9 Å². The lowest BCUT2D eigenvalue weighted by atomic mass is 9.98. The standard InChI is InChI=1S/C13H27NO/c1-5-7-8-13(14-9-6-2)10-12(3)11-15-4/h5,12-14H,1,6-11H2,2-4H3. The zero-order valence-electron chi connectivity index (χ0n) is 10.6. The first-order valence-electron chi connectivity index (χ1n) is 6.07. The summed E-state index contributed by atoms with van der Waals surface area (Å²) in [6.45, 7) is 10.2. The van der Waals surface area contributed by atoms with Gasteiger partial charge in [0.25, 0.3) is 0 Å². The zero-order valence-corrected chi connectivity index (χ0v) is 10.6. The Morgan fingerprint density at radius 3 is 2.73 bits per heavy atom. The van der Waals surface area contributed by atoms with E-state index in [0.717, 1.165) is 19.6 Å². The minimum absolute atomic E-state index is 0.619. The summed E-state index contributed by atoms with van der Waals surface area (Å²) in [7, 11) is 1.77. The highest BCUT2D eigenvalue weighted by Gasteiger charge is 2.11. The van der Waals surface area contributed by atoms with Crippen molar-refractivity contribution in [3.05, 3.63) is 12.7 Å². The number of allylic oxidation sites excluding steroid dienone is 1. The highest BCUT2D eigenvalue weighted by molar-refractivity contribution is 4.75. The summed E-state index contributed by atoms with van der Waals surface area (Å²) in [5, 5.41) is 3.59. The zero-order chi connectivity index (χ0) is 11.5. The predicted octanol–water partition coefficient (Wildman–Crippen LogP) is 2.99. The van der Waals surface area contributed by atoms with E-state index in [-0.39, 0.29) is 0 Å². The van der Waals surface area contributed by atoms with E-state index in [4.69, 9.17) is 4.74 Å². The second-order valence-electron chi connectivity index (χ2n) is 4.31. The average molecular weight is 213 g/mol. The van der Waals surface area contributed by atoms with Crippen molar-refractivity contribution >= 4 is 0 Å². The molecule has 2 atom stereocenters. The number of methoxy groups -OCH3 is 1. The molecule has 2 heteroatoms. The molecule has 0 heterocycles. The van der Waals surface area contributed by atoms with Crippen LogP contribution >= 0.6 is 0 Å². The summed E-state index contributed by atoms with van der Waals surface area (Å²) in [6, 6.07) is 0.619. The van der Waals surface area contributed by atoms with E-state index >= 15 is 0 Å². The third-order valence-corrected chi connectivity index (χ3v) is 2.54. The second kappa shape index (κ2) is 10.2. The van der Waals surface area contributed by atoms with E-state index in [1.807, 2.05) is 6.08 Å². The van der Waals surface area contributed by atoms with Crippen LogP contribution in [-0.2, 0) is 4.74 Å². The van der Waals surface area contributed by atoms with Gasteiger partial charge in [0.2, 0.25) is 0 Å². The molecule has 2 nitrogen and oxygen atoms in total. The van der Waals surface area contributed by atoms with Crippen LogP contribution in [0.1, 0.15) is 39.5 Å². The van der Waals surface area contributed by atoms with Gasteiger partial charge in [-0.15, -0.1) is 6.58 Å². The molecule has 0 amide bonds. The molecule has 0 radical (unpaired) electrons. The van der Waals surface area contributed by atoms with Crippen molar-refractivity contribution in [3.8, 4) is 0 Å². The quantitative estimate of drug-likeness (QED) is 0.563. The van der Waals surface area contributed by atoms with E-state index in [1.54, 1.807) is 7.11 Å². The molecule has 0 aliphatic heterocycles. The van der Waals surface area contributed by atoms with Crippen molar-refractivity contribution in [3.63, 3.8) is 0 Å². The van der Waals surface area contributed by atoms with E-state index in [1.165, 1.54) is 19.3 Å². The molecule has 0 rings (SSSR count). The first kappa shape index (κ1) is 14.7. The molecule has 0 saturated carbocycles. The average Bonchev–Trinajstić information content (AvgIpc) is 2.22. The van der Waals surface area contributed by atoms with Crippen molar-refractivity contribution < 1.29 is 4.74 Å². The van der Waals surface area contributed by atoms with Gasteiger partial charge in [-0.3, -0.25) is 0 Å². The van der Waals surface area contributed by atoms with Crippen LogP contribution in [0.2, 0.25) is 0 Å². The van der Waals surface area contributed by atoms with Gasteiger partial charge in [-0.25, -0.2) is 0 Å². The van der Waals surface area contributed by atoms with Gasteiger partial charge >= 0.3 is 0 Å². The Hall–Kier alpha value is -0.340. The highest BCUT2D eigenvalue weighted by Crippen LogP contribution is 2.11. The lowest BCUT2D eigenvalue weighted by molar-refractivity contribution is 0.148. The van der Waals surface area contributed by atoms with E-state index in [0.29, 0.717) is 12.0 Å². The van der Waals surface area contributed by atoms with Crippen molar-refractivity contribution in [1.82, 2.24) is 5.32 Å². The Labute approximate surface area is 95.1 Å². The van der Waals surface area contributed by atoms with Crippen LogP contribution < -0.4 is 5.32 Å². The fourth-order valence-electron chi connectivity index (χ4n) is 1.81. The van der Waals surface area contributed by atoms with Crippen LogP contribution in [0.5, 0.6) is 0 Å². The van der Waals surface area contributed by atoms with Crippen LogP contribution in [0.4, 0.5) is 0 Å². The molecule has 2 unspecified atom stereocenters. The Balaban J connectivity index is 3.81. The van der Waals surface area contributed by atoms with Gasteiger partial charge in [-0.05, 0) is 38.1 Å². The van der Waals surface area contributed by atoms with E-state index < -0.39 is 0 Å². The molecule has 90 valence electrons. The van der Waals surface area contributed by atoms with Gasteiger partial charge in [0.05, 0.1) is 0 Å². The van der Waals surface area contributed by atoms with Gasteiger partial charge in [0, 0.05) is 19.8 Å². The lowest BCUT2D eigenvalue weighted by Gasteiger charge is -2.21. The molecule has 0 spiro atoms. The van der Waals surface area contributed by atoms with Crippen LogP contribution in [0.25, 0.3) is 0 Å². The minimum Gasteiger partial charge on any atom is -0.384 e. The van der Waals surface area contributed by atoms with Crippen molar-refractivity contribution in [1.29, 1.82) is 0 Å². The number of hydrogen-bond donors (Lipinski definition) is 1. The Morgan fingerprint density at radius 1 is 1.47 bits per heavy atom. The molecule has 15 heavy (non-hydrogen) atoms. The Kier molecular flexibility index (Phi) is 9.96. The highest BCUT2D eigenvalue weighted by atomic mass is 16.5. The molecule has 1 N–H and O–H groups in total. The maximum absolute atomic E-state index is 5.17. The van der Waals surface area contributed by atoms with Gasteiger partial charge in [-0.2, -0.15) is 0 Å². The third-order valence-electron chi connectivity index (χ3n) is 2.54. The van der Waals surface area contributed by atoms with Gasteiger partial charge in [0.1, 0.15) is 0 Å². The molecule has 0 aromatic rings. The largest absolute Gasteiger partial charge is 0.384 e. The Bertz CT molecular complexity index is 147. The van der Waals surface area contributed by atoms with E-state index in [9.17, 15) is 0 Å². The molecule has 0 aliphatic carbocycles. The molecule has 0 bridgehead atoms. The monoisotopic (exact) mass is 213 g/mol. The topological polar surface area (TPSA) is 21.3 Å². The number of rotatable bonds is 10. The van der Waals surface area contributed by atoms with Crippen LogP contribution in [0.15, 0.2) is 12.7 Å². The number of hydrogen-bond acceptors (Lipinski definition) is 2. The summed E-state index contributed by atoms with van der Waals surface area (Å²) < 4.78 is 5.17. The number of ether oxygens (including phenoxy) is 1. The Morgan fingerprint density at radius 2 is 2.20 bits per heavy atom. The maximum atomic E-state index is 5.17. The van der Waals surface area contributed by atoms with Crippen molar-refractivity contribution in [2.75, 3.05) is 20.3 Å². The predicted molar refractivity (Wildman–Crippen MR) is 67.2 cm³/mol. The second-order valence-corrected chi connectivity index (χ2v) is 4.31. The molecule has 0 fully saturated rings. The smallest absolute Gasteiger partial charge is 0.0488 e. The van der Waals surface area contributed by atoms with Crippen molar-refractivity contribution in [2.24, 2.45) is 5.92 Å². The van der Waals surface area contributed by atoms with Gasteiger partial charge < -0.3 is 10.1 Å². The molecule has 0 aromatic heterocycles. The van der Waals surface area contributed by atoms with E-state index in [2.05, 4.69) is 25.7 Å². The summed E-state index contributed by atoms with van der Waals surface area (Å²) in [5.74, 6) is 0.633. The SMILES string of the molecule is C=CCCC(CC(C)COC)NCCC. The first-order chi connectivity index (χ1) is 7.24. The van der Waals surface area contributed by atoms with Crippen LogP contribution in [-0.4, -0.2) is 26.3 Å². The van der Waals surface area contributed by atoms with Crippen LogP contribution in [0.3, 0.4) is 0 Å². The van der Waals surface area contributed by atoms with Crippen LogP contribution in [0, 0.1) is 5.92 Å². The molecular formula is C13H27NO. The first-order valence-corrected chi connectivity index (χ1v) is 6.07. The normalized spacial score (nSPS) is 14.9. The van der Waals surface area contributed by atoms with Gasteiger partial charge in [0.15, 0.2) is 0 Å². The third kappa shape index (κ3) is 8.64. The molecule has 0 aromatic carbocycles. The molecular weight excluding hydrogens is 186 g/mol. The maximum Gasteiger partial charge on any atom is 0.0488 e. The summed E-state index contributed by atoms with van der Waals surface area (Å²) in [6.07, 6.45) is 6.69. The lowest BCUT2D eigenvalue weighted by Crippen LogP contribution is -2.32.